The number of benzene rings is 3. The van der Waals surface area contributed by atoms with Crippen LogP contribution in [0.15, 0.2) is 78.0 Å². The fourth-order valence-electron chi connectivity index (χ4n) is 5.30. The van der Waals surface area contributed by atoms with E-state index < -0.39 is 22.3 Å². The van der Waals surface area contributed by atoms with E-state index in [9.17, 15) is 24.5 Å². The van der Waals surface area contributed by atoms with Gasteiger partial charge in [-0.3, -0.25) is 29.4 Å². The van der Waals surface area contributed by atoms with Crippen LogP contribution in [0.4, 0.5) is 21.9 Å². The molecule has 47 heavy (non-hydrogen) atoms. The van der Waals surface area contributed by atoms with Gasteiger partial charge < -0.3 is 14.5 Å². The van der Waals surface area contributed by atoms with Crippen molar-refractivity contribution in [3.05, 3.63) is 99.6 Å². The van der Waals surface area contributed by atoms with Crippen LogP contribution in [0.5, 0.6) is 0 Å². The van der Waals surface area contributed by atoms with Crippen molar-refractivity contribution in [3.63, 3.8) is 0 Å². The summed E-state index contributed by atoms with van der Waals surface area (Å²) in [7, 11) is 3.60. The highest BCUT2D eigenvalue weighted by molar-refractivity contribution is 6.46. The summed E-state index contributed by atoms with van der Waals surface area (Å²) in [4.78, 5) is 58.2. The molecule has 0 spiro atoms. The second kappa shape index (κ2) is 15.7. The first kappa shape index (κ1) is 35.1. The number of hydrogen-bond donors (Lipinski definition) is 0. The molecule has 4 rings (SSSR count). The Labute approximate surface area is 274 Å². The van der Waals surface area contributed by atoms with E-state index in [0.29, 0.717) is 38.4 Å². The minimum absolute atomic E-state index is 0.0308. The largest absolute Gasteiger partial charge is 0.683 e. The minimum Gasteiger partial charge on any atom is -0.379 e. The lowest BCUT2D eigenvalue weighted by Gasteiger charge is -2.39. The summed E-state index contributed by atoms with van der Waals surface area (Å²) in [5.74, 6) is -0.484. The molecule has 1 aliphatic heterocycles. The van der Waals surface area contributed by atoms with Gasteiger partial charge in [0, 0.05) is 54.2 Å². The number of amides is 1. The highest BCUT2D eigenvalue weighted by Gasteiger charge is 2.36. The Bertz CT molecular complexity index is 1590. The lowest BCUT2D eigenvalue weighted by molar-refractivity contribution is -0.396. The van der Waals surface area contributed by atoms with Crippen LogP contribution in [-0.4, -0.2) is 90.6 Å². The molecule has 3 aromatic rings. The number of nitro groups is 1. The number of ether oxygens (including phenoxy) is 1. The second-order valence-corrected chi connectivity index (χ2v) is 12.0. The first-order valence-corrected chi connectivity index (χ1v) is 15.5. The molecule has 1 saturated heterocycles. The van der Waals surface area contributed by atoms with E-state index >= 15 is 0 Å². The Kier molecular flexibility index (Phi) is 11.7. The van der Waals surface area contributed by atoms with Crippen molar-refractivity contribution in [2.24, 2.45) is 5.16 Å². The average molecular weight is 644 g/mol. The first-order valence-electron chi connectivity index (χ1n) is 15.5. The van der Waals surface area contributed by atoms with Gasteiger partial charge in [-0.2, -0.15) is 4.79 Å². The maximum absolute atomic E-state index is 13.6. The van der Waals surface area contributed by atoms with Crippen molar-refractivity contribution < 1.29 is 28.9 Å². The summed E-state index contributed by atoms with van der Waals surface area (Å²) < 4.78 is 5.47. The van der Waals surface area contributed by atoms with Crippen LogP contribution in [0.25, 0.3) is 0 Å². The molecule has 0 unspecified atom stereocenters. The van der Waals surface area contributed by atoms with Crippen molar-refractivity contribution in [1.82, 2.24) is 9.80 Å². The number of Topliss-reactive ketones (excluding diaryl/α,β-unsaturated/α-hetero) is 2. The van der Waals surface area contributed by atoms with Crippen molar-refractivity contribution in [2.75, 3.05) is 51.8 Å². The number of morpholine rings is 1. The van der Waals surface area contributed by atoms with Crippen LogP contribution >= 0.6 is 0 Å². The quantitative estimate of drug-likeness (QED) is 0.0727. The summed E-state index contributed by atoms with van der Waals surface area (Å²) in [5.41, 5.74) is 3.72. The lowest BCUT2D eigenvalue weighted by Crippen LogP contribution is -2.54. The Morgan fingerprint density at radius 1 is 0.894 bits per heavy atom. The predicted molar refractivity (Wildman–Crippen MR) is 180 cm³/mol. The first-order chi connectivity index (χ1) is 22.4. The maximum atomic E-state index is 13.6. The molecule has 0 atom stereocenters. The number of carbonyl (C=O) groups excluding carboxylic acids is 3. The molecule has 1 amide bonds. The van der Waals surface area contributed by atoms with E-state index in [0.717, 1.165) is 23.5 Å². The molecule has 0 aliphatic carbocycles. The van der Waals surface area contributed by atoms with E-state index in [-0.39, 0.29) is 23.5 Å². The molecule has 248 valence electrons. The summed E-state index contributed by atoms with van der Waals surface area (Å²) in [6.07, 6.45) is -0.763. The fraction of sp³-hybridized carbons (Fsp3) is 0.371. The average Bonchev–Trinajstić information content (AvgIpc) is 3.08. The minimum atomic E-state index is -1.77. The number of ketones is 2. The lowest BCUT2D eigenvalue weighted by atomic mass is 9.90. The SMILES string of the molecule is CCc1ccc(N(c2ccc(C(=O)/C(CCN(C)C)=N/OC(=O)[N+](=O)[O-])cc2)c2ccc(C(=O)C(C)(C)N3CCOCC3)cc2)cc1. The van der Waals surface area contributed by atoms with E-state index in [4.69, 9.17) is 4.74 Å². The van der Waals surface area contributed by atoms with Gasteiger partial charge in [0.05, 0.1) is 18.8 Å². The van der Waals surface area contributed by atoms with Gasteiger partial charge >= 0.3 is 6.09 Å². The summed E-state index contributed by atoms with van der Waals surface area (Å²) in [5, 5.41) is 14.2. The molecular weight excluding hydrogens is 602 g/mol. The van der Waals surface area contributed by atoms with Crippen LogP contribution < -0.4 is 4.90 Å². The number of anilines is 3. The number of oxime groups is 1. The molecular formula is C35H41N5O7. The fourth-order valence-corrected chi connectivity index (χ4v) is 5.30. The Balaban J connectivity index is 1.64. The third kappa shape index (κ3) is 8.73. The number of nitrogens with zero attached hydrogens (tertiary/aromatic N) is 5. The van der Waals surface area contributed by atoms with E-state index in [1.807, 2.05) is 60.0 Å². The Morgan fingerprint density at radius 2 is 1.40 bits per heavy atom. The molecule has 0 N–H and O–H groups in total. The van der Waals surface area contributed by atoms with Gasteiger partial charge in [0.25, 0.3) is 0 Å². The number of rotatable bonds is 13. The molecule has 1 fully saturated rings. The van der Waals surface area contributed by atoms with Crippen molar-refractivity contribution in [2.45, 2.75) is 39.2 Å². The molecule has 0 aromatic heterocycles. The standard InChI is InChI=1S/C35H41N5O7/c1-6-25-7-13-28(14-8-25)39(30-17-11-27(12-18-30)33(42)35(2,3)38-21-23-46-24-22-38)29-15-9-26(10-16-29)32(41)31(19-20-37(4)5)36-47-34(43)40(44)45/h7-18H,6,19-24H2,1-5H3/b36-31+. The van der Waals surface area contributed by atoms with Crippen LogP contribution in [0.1, 0.15) is 53.5 Å². The summed E-state index contributed by atoms with van der Waals surface area (Å²) in [6.45, 7) is 8.99. The summed E-state index contributed by atoms with van der Waals surface area (Å²) >= 11 is 0. The molecule has 0 saturated carbocycles. The van der Waals surface area contributed by atoms with E-state index in [2.05, 4.69) is 33.9 Å². The second-order valence-electron chi connectivity index (χ2n) is 12.0. The topological polar surface area (TPSA) is 135 Å². The molecule has 0 bridgehead atoms. The van der Waals surface area contributed by atoms with Crippen molar-refractivity contribution in [1.29, 1.82) is 0 Å². The van der Waals surface area contributed by atoms with E-state index in [1.165, 1.54) is 5.56 Å². The van der Waals surface area contributed by atoms with Gasteiger partial charge in [0.2, 0.25) is 5.78 Å². The highest BCUT2D eigenvalue weighted by Crippen LogP contribution is 2.35. The van der Waals surface area contributed by atoms with Crippen LogP contribution in [0.3, 0.4) is 0 Å². The monoisotopic (exact) mass is 643 g/mol. The normalized spacial score (nSPS) is 14.1. The third-order valence-corrected chi connectivity index (χ3v) is 8.18. The van der Waals surface area contributed by atoms with Gasteiger partial charge in [-0.25, -0.2) is 0 Å². The van der Waals surface area contributed by atoms with Crippen molar-refractivity contribution in [3.8, 4) is 0 Å². The van der Waals surface area contributed by atoms with Crippen LogP contribution in [-0.2, 0) is 16.0 Å². The highest BCUT2D eigenvalue weighted by atomic mass is 16.8. The molecule has 0 radical (unpaired) electrons. The van der Waals surface area contributed by atoms with Gasteiger partial charge in [-0.05, 0) is 101 Å². The third-order valence-electron chi connectivity index (χ3n) is 8.18. The maximum Gasteiger partial charge on any atom is 0.683 e. The number of carbonyl (C=O) groups is 3. The van der Waals surface area contributed by atoms with Gasteiger partial charge in [-0.15, -0.1) is 0 Å². The Hall–Kier alpha value is -4.78. The predicted octanol–water partition coefficient (Wildman–Crippen LogP) is 5.92. The molecule has 1 heterocycles. The number of aryl methyl sites for hydroxylation is 1. The van der Waals surface area contributed by atoms with Gasteiger partial charge in [0.1, 0.15) is 10.6 Å². The Morgan fingerprint density at radius 3 is 1.89 bits per heavy atom. The zero-order valence-electron chi connectivity index (χ0n) is 27.5. The van der Waals surface area contributed by atoms with Gasteiger partial charge in [-0.1, -0.05) is 24.2 Å². The number of hydrogen-bond acceptors (Lipinski definition) is 11. The molecule has 12 nitrogen and oxygen atoms in total. The molecule has 12 heteroatoms. The van der Waals surface area contributed by atoms with Gasteiger partial charge in [0.15, 0.2) is 5.78 Å². The van der Waals surface area contributed by atoms with Crippen molar-refractivity contribution >= 4 is 40.4 Å². The zero-order valence-corrected chi connectivity index (χ0v) is 27.5. The smallest absolute Gasteiger partial charge is 0.379 e. The van der Waals surface area contributed by atoms with E-state index in [1.54, 1.807) is 38.4 Å². The van der Waals surface area contributed by atoms with Crippen LogP contribution in [0, 0.1) is 10.1 Å². The van der Waals surface area contributed by atoms with Crippen LogP contribution in [0.2, 0.25) is 0 Å². The molecule has 3 aromatic carbocycles. The molecule has 1 aliphatic rings. The summed E-state index contributed by atoms with van der Waals surface area (Å²) in [6, 6.07) is 22.5. The zero-order chi connectivity index (χ0) is 34.1.